The third-order valence-electron chi connectivity index (χ3n) is 4.23. The molecule has 2 saturated heterocycles. The zero-order valence-corrected chi connectivity index (χ0v) is 11.1. The minimum absolute atomic E-state index is 0.280. The van der Waals surface area contributed by atoms with Crippen LogP contribution in [-0.4, -0.2) is 31.1 Å². The van der Waals surface area contributed by atoms with E-state index < -0.39 is 22.4 Å². The van der Waals surface area contributed by atoms with Crippen LogP contribution in [0.2, 0.25) is 0 Å². The van der Waals surface area contributed by atoms with Crippen LogP contribution in [0, 0.1) is 22.0 Å². The summed E-state index contributed by atoms with van der Waals surface area (Å²) in [4.78, 5) is 12.2. The van der Waals surface area contributed by atoms with Crippen LogP contribution in [0.25, 0.3) is 0 Å². The van der Waals surface area contributed by atoms with Gasteiger partial charge in [0.25, 0.3) is 5.69 Å². The van der Waals surface area contributed by atoms with Crippen molar-refractivity contribution in [2.24, 2.45) is 11.8 Å². The molecule has 2 aliphatic rings. The fraction of sp³-hybridized carbons (Fsp3) is 0.538. The van der Waals surface area contributed by atoms with Crippen molar-refractivity contribution >= 4 is 11.4 Å². The molecule has 114 valence electrons. The Bertz CT molecular complexity index is 564. The number of nitrogens with zero attached hydrogens (tertiary/aromatic N) is 2. The number of halogens is 3. The monoisotopic (exact) mass is 301 g/mol. The van der Waals surface area contributed by atoms with Gasteiger partial charge in [-0.3, -0.25) is 10.1 Å². The van der Waals surface area contributed by atoms with Gasteiger partial charge in [-0.25, -0.2) is 0 Å². The van der Waals surface area contributed by atoms with Crippen molar-refractivity contribution < 1.29 is 18.1 Å². The van der Waals surface area contributed by atoms with Gasteiger partial charge in [0.2, 0.25) is 0 Å². The van der Waals surface area contributed by atoms with E-state index in [-0.39, 0.29) is 5.69 Å². The SMILES string of the molecule is O=[N+]([O-])c1cc(C(F)(F)F)ccc1N1C[C@H]2CNC[C@H]2C1. The number of hydrogen-bond acceptors (Lipinski definition) is 4. The topological polar surface area (TPSA) is 58.4 Å². The second kappa shape index (κ2) is 4.87. The molecule has 1 N–H and O–H groups in total. The largest absolute Gasteiger partial charge is 0.416 e. The second-order valence-electron chi connectivity index (χ2n) is 5.54. The van der Waals surface area contributed by atoms with Crippen LogP contribution in [0.3, 0.4) is 0 Å². The number of nitro benzene ring substituents is 1. The standard InChI is InChI=1S/C13H14F3N3O2/c14-13(15,16)10-1-2-11(12(3-10)19(20)21)18-6-8-4-17-5-9(8)7-18/h1-3,8-9,17H,4-7H2/t8-,9+. The zero-order valence-electron chi connectivity index (χ0n) is 11.1. The molecule has 21 heavy (non-hydrogen) atoms. The molecule has 1 aromatic carbocycles. The highest BCUT2D eigenvalue weighted by atomic mass is 19.4. The molecule has 0 radical (unpaired) electrons. The molecule has 3 rings (SSSR count). The molecule has 0 aromatic heterocycles. The van der Waals surface area contributed by atoms with Gasteiger partial charge in [0.05, 0.1) is 10.5 Å². The molecule has 0 bridgehead atoms. The number of nitrogens with one attached hydrogen (secondary N) is 1. The Balaban J connectivity index is 1.93. The summed E-state index contributed by atoms with van der Waals surface area (Å²) in [5, 5.41) is 14.4. The molecule has 0 aliphatic carbocycles. The lowest BCUT2D eigenvalue weighted by molar-refractivity contribution is -0.384. The van der Waals surface area contributed by atoms with Crippen LogP contribution in [-0.2, 0) is 6.18 Å². The van der Waals surface area contributed by atoms with E-state index in [0.717, 1.165) is 19.2 Å². The lowest BCUT2D eigenvalue weighted by atomic mass is 10.0. The van der Waals surface area contributed by atoms with E-state index in [2.05, 4.69) is 5.32 Å². The van der Waals surface area contributed by atoms with Crippen LogP contribution < -0.4 is 10.2 Å². The van der Waals surface area contributed by atoms with E-state index in [1.165, 1.54) is 6.07 Å². The number of rotatable bonds is 2. The van der Waals surface area contributed by atoms with Gasteiger partial charge in [-0.2, -0.15) is 13.2 Å². The van der Waals surface area contributed by atoms with E-state index in [1.54, 1.807) is 0 Å². The van der Waals surface area contributed by atoms with E-state index >= 15 is 0 Å². The molecule has 2 heterocycles. The van der Waals surface area contributed by atoms with Gasteiger partial charge < -0.3 is 10.2 Å². The van der Waals surface area contributed by atoms with Crippen LogP contribution in [0.1, 0.15) is 5.56 Å². The number of hydrogen-bond donors (Lipinski definition) is 1. The number of nitro groups is 1. The van der Waals surface area contributed by atoms with Crippen molar-refractivity contribution in [3.63, 3.8) is 0 Å². The van der Waals surface area contributed by atoms with E-state index in [1.807, 2.05) is 4.90 Å². The first kappa shape index (κ1) is 14.1. The molecule has 2 atom stereocenters. The van der Waals surface area contributed by atoms with Gasteiger partial charge >= 0.3 is 6.18 Å². The Morgan fingerprint density at radius 2 is 1.86 bits per heavy atom. The predicted molar refractivity (Wildman–Crippen MR) is 70.2 cm³/mol. The van der Waals surface area contributed by atoms with Crippen molar-refractivity contribution in [1.82, 2.24) is 5.32 Å². The zero-order chi connectivity index (χ0) is 15.2. The lowest BCUT2D eigenvalue weighted by Gasteiger charge is -2.20. The Morgan fingerprint density at radius 3 is 2.38 bits per heavy atom. The van der Waals surface area contributed by atoms with Gasteiger partial charge in [0.1, 0.15) is 5.69 Å². The Labute approximate surface area is 118 Å². The minimum Gasteiger partial charge on any atom is -0.365 e. The molecule has 5 nitrogen and oxygen atoms in total. The van der Waals surface area contributed by atoms with Crippen molar-refractivity contribution in [1.29, 1.82) is 0 Å². The summed E-state index contributed by atoms with van der Waals surface area (Å²) < 4.78 is 38.1. The van der Waals surface area contributed by atoms with Crippen LogP contribution in [0.5, 0.6) is 0 Å². The Morgan fingerprint density at radius 1 is 1.24 bits per heavy atom. The lowest BCUT2D eigenvalue weighted by Crippen LogP contribution is -2.26. The average molecular weight is 301 g/mol. The van der Waals surface area contributed by atoms with Gasteiger partial charge in [0, 0.05) is 32.2 Å². The van der Waals surface area contributed by atoms with Crippen molar-refractivity contribution in [3.8, 4) is 0 Å². The molecule has 1 aromatic rings. The van der Waals surface area contributed by atoms with Crippen molar-refractivity contribution in [2.75, 3.05) is 31.1 Å². The quantitative estimate of drug-likeness (QED) is 0.672. The fourth-order valence-electron chi connectivity index (χ4n) is 3.17. The summed E-state index contributed by atoms with van der Waals surface area (Å²) in [7, 11) is 0. The fourth-order valence-corrected chi connectivity index (χ4v) is 3.17. The first-order chi connectivity index (χ1) is 9.86. The maximum absolute atomic E-state index is 12.7. The van der Waals surface area contributed by atoms with E-state index in [0.29, 0.717) is 31.0 Å². The summed E-state index contributed by atoms with van der Waals surface area (Å²) in [6.45, 7) is 3.00. The highest BCUT2D eigenvalue weighted by molar-refractivity contribution is 5.65. The molecule has 2 aliphatic heterocycles. The molecule has 0 amide bonds. The van der Waals surface area contributed by atoms with Crippen LogP contribution >= 0.6 is 0 Å². The van der Waals surface area contributed by atoms with Crippen LogP contribution in [0.15, 0.2) is 18.2 Å². The van der Waals surface area contributed by atoms with Gasteiger partial charge in [-0.15, -0.1) is 0 Å². The third-order valence-corrected chi connectivity index (χ3v) is 4.23. The number of anilines is 1. The minimum atomic E-state index is -4.57. The van der Waals surface area contributed by atoms with Crippen molar-refractivity contribution in [2.45, 2.75) is 6.18 Å². The Hall–Kier alpha value is -1.83. The number of benzene rings is 1. The smallest absolute Gasteiger partial charge is 0.365 e. The predicted octanol–water partition coefficient (Wildman–Crippen LogP) is 2.27. The van der Waals surface area contributed by atoms with Crippen molar-refractivity contribution in [3.05, 3.63) is 33.9 Å². The number of alkyl halides is 3. The maximum Gasteiger partial charge on any atom is 0.416 e. The highest BCUT2D eigenvalue weighted by Gasteiger charge is 2.39. The summed E-state index contributed by atoms with van der Waals surface area (Å²) in [5.41, 5.74) is -1.18. The summed E-state index contributed by atoms with van der Waals surface area (Å²) in [6.07, 6.45) is -4.57. The maximum atomic E-state index is 12.7. The molecule has 0 unspecified atom stereocenters. The number of fused-ring (bicyclic) bond motifs is 1. The first-order valence-electron chi connectivity index (χ1n) is 6.67. The van der Waals surface area contributed by atoms with E-state index in [4.69, 9.17) is 0 Å². The van der Waals surface area contributed by atoms with Crippen LogP contribution in [0.4, 0.5) is 24.5 Å². The Kier molecular flexibility index (Phi) is 3.27. The normalized spacial score (nSPS) is 25.2. The summed E-state index contributed by atoms with van der Waals surface area (Å²) in [5.74, 6) is 0.818. The first-order valence-corrected chi connectivity index (χ1v) is 6.67. The van der Waals surface area contributed by atoms with Gasteiger partial charge in [-0.05, 0) is 24.0 Å². The molecular formula is C13H14F3N3O2. The molecule has 0 saturated carbocycles. The second-order valence-corrected chi connectivity index (χ2v) is 5.54. The van der Waals surface area contributed by atoms with Gasteiger partial charge in [-0.1, -0.05) is 0 Å². The summed E-state index contributed by atoms with van der Waals surface area (Å²) >= 11 is 0. The summed E-state index contributed by atoms with van der Waals surface area (Å²) in [6, 6.07) is 2.76. The average Bonchev–Trinajstić information content (AvgIpc) is 2.97. The molecule has 8 heteroatoms. The molecule has 0 spiro atoms. The molecule has 2 fully saturated rings. The van der Waals surface area contributed by atoms with E-state index in [9.17, 15) is 23.3 Å². The third kappa shape index (κ3) is 2.55. The highest BCUT2D eigenvalue weighted by Crippen LogP contribution is 2.39. The van der Waals surface area contributed by atoms with Gasteiger partial charge in [0.15, 0.2) is 0 Å². The molecular weight excluding hydrogens is 287 g/mol.